The van der Waals surface area contributed by atoms with Gasteiger partial charge in [0.25, 0.3) is 0 Å². The maximum Gasteiger partial charge on any atom is 0.433 e. The van der Waals surface area contributed by atoms with Crippen LogP contribution in [0.3, 0.4) is 0 Å². The molecule has 2 amide bonds. The zero-order valence-electron chi connectivity index (χ0n) is 14.4. The van der Waals surface area contributed by atoms with Crippen molar-refractivity contribution in [2.45, 2.75) is 13.8 Å². The Morgan fingerprint density at radius 3 is 1.46 bits per heavy atom. The van der Waals surface area contributed by atoms with Gasteiger partial charge in [0.15, 0.2) is 11.5 Å². The summed E-state index contributed by atoms with van der Waals surface area (Å²) < 4.78 is 9.77. The first kappa shape index (κ1) is 20.0. The van der Waals surface area contributed by atoms with E-state index in [0.29, 0.717) is 0 Å². The van der Waals surface area contributed by atoms with Crippen LogP contribution in [0.5, 0.6) is 0 Å². The third-order valence-electron chi connectivity index (χ3n) is 3.11. The average molecular weight is 392 g/mol. The number of hydrazone groups is 2. The lowest BCUT2D eigenvalue weighted by Crippen LogP contribution is -2.36. The first-order chi connectivity index (χ1) is 13.2. The second-order valence-electron chi connectivity index (χ2n) is 5.07. The number of carbonyl (C=O) groups is 2. The summed E-state index contributed by atoms with van der Waals surface area (Å²) in [7, 11) is 0. The second kappa shape index (κ2) is 8.35. The molecule has 0 aliphatic rings. The maximum absolute atomic E-state index is 11.7. The van der Waals surface area contributed by atoms with Crippen molar-refractivity contribution in [2.75, 3.05) is 0 Å². The molecule has 0 saturated carbocycles. The van der Waals surface area contributed by atoms with E-state index in [1.165, 1.54) is 26.0 Å². The summed E-state index contributed by atoms with van der Waals surface area (Å²) in [6.07, 6.45) is 0. The zero-order chi connectivity index (χ0) is 20.8. The predicted molar refractivity (Wildman–Crippen MR) is 91.4 cm³/mol. The minimum atomic E-state index is -1.18. The SMILES string of the molecule is C/C(=N/NC(=O)C(=O)N/N=C(/C)c1ccc([N+](=O)[O-])o1)c1ccc([N+](=O)[O-])o1. The molecule has 146 valence electrons. The lowest BCUT2D eigenvalue weighted by atomic mass is 10.3. The Morgan fingerprint density at radius 2 is 1.18 bits per heavy atom. The fraction of sp³-hybridized carbons (Fsp3) is 0.143. The maximum atomic E-state index is 11.7. The minimum Gasteiger partial charge on any atom is -0.399 e. The van der Waals surface area contributed by atoms with Gasteiger partial charge in [-0.3, -0.25) is 29.8 Å². The lowest BCUT2D eigenvalue weighted by Gasteiger charge is -2.01. The van der Waals surface area contributed by atoms with Gasteiger partial charge in [0.1, 0.15) is 21.3 Å². The highest BCUT2D eigenvalue weighted by Gasteiger charge is 2.17. The lowest BCUT2D eigenvalue weighted by molar-refractivity contribution is -0.402. The number of rotatable bonds is 6. The molecule has 2 N–H and O–H groups in total. The molecular weight excluding hydrogens is 380 g/mol. The first-order valence-electron chi connectivity index (χ1n) is 7.37. The van der Waals surface area contributed by atoms with Crippen molar-refractivity contribution in [1.29, 1.82) is 0 Å². The molecule has 0 bridgehead atoms. The van der Waals surface area contributed by atoms with Crippen LogP contribution < -0.4 is 10.9 Å². The standard InChI is InChI=1S/C14H12N6O8/c1-7(9-3-5-11(27-9)19(23)24)15-17-13(21)14(22)18-16-8(2)10-4-6-12(28-10)20(25)26/h3-6H,1-2H3,(H,17,21)(H,18,22)/b15-7-,16-8-. The van der Waals surface area contributed by atoms with Gasteiger partial charge in [-0.1, -0.05) is 0 Å². The fourth-order valence-corrected chi connectivity index (χ4v) is 1.72. The molecule has 0 aromatic carbocycles. The van der Waals surface area contributed by atoms with E-state index < -0.39 is 33.4 Å². The van der Waals surface area contributed by atoms with E-state index in [1.807, 2.05) is 10.9 Å². The van der Waals surface area contributed by atoms with E-state index in [4.69, 9.17) is 8.83 Å². The molecule has 0 fully saturated rings. The Labute approximate surface area is 155 Å². The summed E-state index contributed by atoms with van der Waals surface area (Å²) in [6, 6.07) is 4.78. The fourth-order valence-electron chi connectivity index (χ4n) is 1.72. The number of carbonyl (C=O) groups excluding carboxylic acids is 2. The topological polar surface area (TPSA) is 195 Å². The summed E-state index contributed by atoms with van der Waals surface area (Å²) in [5, 5.41) is 28.3. The van der Waals surface area contributed by atoms with Crippen molar-refractivity contribution < 1.29 is 28.3 Å². The molecule has 2 rings (SSSR count). The molecule has 0 radical (unpaired) electrons. The third kappa shape index (κ3) is 4.84. The smallest absolute Gasteiger partial charge is 0.399 e. The Kier molecular flexibility index (Phi) is 5.95. The summed E-state index contributed by atoms with van der Waals surface area (Å²) in [6.45, 7) is 2.79. The van der Waals surface area contributed by atoms with E-state index in [9.17, 15) is 29.8 Å². The van der Waals surface area contributed by atoms with Crippen molar-refractivity contribution in [2.24, 2.45) is 10.2 Å². The summed E-state index contributed by atoms with van der Waals surface area (Å²) in [4.78, 5) is 43.0. The van der Waals surface area contributed by atoms with Crippen molar-refractivity contribution in [3.05, 3.63) is 56.0 Å². The molecule has 14 nitrogen and oxygen atoms in total. The highest BCUT2D eigenvalue weighted by Crippen LogP contribution is 2.16. The Morgan fingerprint density at radius 1 is 0.821 bits per heavy atom. The van der Waals surface area contributed by atoms with Gasteiger partial charge in [0, 0.05) is 0 Å². The number of hydrogen-bond donors (Lipinski definition) is 2. The van der Waals surface area contributed by atoms with Crippen molar-refractivity contribution >= 4 is 35.0 Å². The number of nitrogens with one attached hydrogen (secondary N) is 2. The van der Waals surface area contributed by atoms with Crippen LogP contribution in [-0.2, 0) is 9.59 Å². The van der Waals surface area contributed by atoms with Crippen LogP contribution in [0.1, 0.15) is 25.4 Å². The van der Waals surface area contributed by atoms with Gasteiger partial charge in [-0.05, 0) is 26.0 Å². The number of hydrogen-bond acceptors (Lipinski definition) is 10. The van der Waals surface area contributed by atoms with E-state index in [2.05, 4.69) is 10.2 Å². The Balaban J connectivity index is 1.95. The predicted octanol–water partition coefficient (Wildman–Crippen LogP) is 1.07. The second-order valence-corrected chi connectivity index (χ2v) is 5.07. The zero-order valence-corrected chi connectivity index (χ0v) is 14.4. The van der Waals surface area contributed by atoms with Crippen LogP contribution in [-0.4, -0.2) is 33.1 Å². The molecule has 0 aliphatic heterocycles. The molecule has 14 heteroatoms. The molecule has 2 aromatic heterocycles. The van der Waals surface area contributed by atoms with Crippen molar-refractivity contribution in [3.63, 3.8) is 0 Å². The van der Waals surface area contributed by atoms with Crippen LogP contribution in [0.15, 0.2) is 43.3 Å². The average Bonchev–Trinajstić information content (AvgIpc) is 3.33. The summed E-state index contributed by atoms with van der Waals surface area (Å²) >= 11 is 0. The van der Waals surface area contributed by atoms with E-state index in [-0.39, 0.29) is 22.9 Å². The first-order valence-corrected chi connectivity index (χ1v) is 7.37. The molecule has 2 aromatic rings. The van der Waals surface area contributed by atoms with Gasteiger partial charge in [-0.15, -0.1) is 0 Å². The van der Waals surface area contributed by atoms with Gasteiger partial charge in [-0.25, -0.2) is 10.9 Å². The van der Waals surface area contributed by atoms with Gasteiger partial charge in [0.2, 0.25) is 0 Å². The van der Waals surface area contributed by atoms with Crippen LogP contribution in [0.25, 0.3) is 0 Å². The van der Waals surface area contributed by atoms with Gasteiger partial charge >= 0.3 is 23.6 Å². The Bertz CT molecular complexity index is 921. The summed E-state index contributed by atoms with van der Waals surface area (Å²) in [5.41, 5.74) is 4.01. The molecule has 0 unspecified atom stereocenters. The highest BCUT2D eigenvalue weighted by molar-refractivity contribution is 6.35. The molecular formula is C14H12N6O8. The van der Waals surface area contributed by atoms with Crippen molar-refractivity contribution in [3.8, 4) is 0 Å². The quantitative estimate of drug-likeness (QED) is 0.315. The summed E-state index contributed by atoms with van der Waals surface area (Å²) in [5.74, 6) is -3.31. The molecule has 28 heavy (non-hydrogen) atoms. The van der Waals surface area contributed by atoms with E-state index in [1.54, 1.807) is 0 Å². The number of furan rings is 2. The molecule has 0 atom stereocenters. The molecule has 0 aliphatic carbocycles. The normalized spacial score (nSPS) is 11.8. The number of nitrogens with zero attached hydrogens (tertiary/aromatic N) is 4. The molecule has 0 saturated heterocycles. The van der Waals surface area contributed by atoms with Crippen LogP contribution in [0.4, 0.5) is 11.8 Å². The van der Waals surface area contributed by atoms with Gasteiger partial charge < -0.3 is 8.83 Å². The van der Waals surface area contributed by atoms with E-state index >= 15 is 0 Å². The molecule has 2 heterocycles. The molecule has 0 spiro atoms. The van der Waals surface area contributed by atoms with Crippen molar-refractivity contribution in [1.82, 2.24) is 10.9 Å². The number of amides is 2. The number of nitro groups is 2. The van der Waals surface area contributed by atoms with Gasteiger partial charge in [-0.2, -0.15) is 10.2 Å². The highest BCUT2D eigenvalue weighted by atomic mass is 16.7. The van der Waals surface area contributed by atoms with Crippen LogP contribution in [0, 0.1) is 20.2 Å². The minimum absolute atomic E-state index is 0.0284. The van der Waals surface area contributed by atoms with Crippen LogP contribution >= 0.6 is 0 Å². The van der Waals surface area contributed by atoms with E-state index in [0.717, 1.165) is 12.1 Å². The monoisotopic (exact) mass is 392 g/mol. The largest absolute Gasteiger partial charge is 0.433 e. The Hall–Kier alpha value is -4.36. The van der Waals surface area contributed by atoms with Gasteiger partial charge in [0.05, 0.1) is 12.1 Å². The third-order valence-corrected chi connectivity index (χ3v) is 3.11. The van der Waals surface area contributed by atoms with Crippen LogP contribution in [0.2, 0.25) is 0 Å².